The molecular weight excluding hydrogens is 174 g/mol. The summed E-state index contributed by atoms with van der Waals surface area (Å²) >= 11 is 0. The van der Waals surface area contributed by atoms with E-state index in [4.69, 9.17) is 0 Å². The van der Waals surface area contributed by atoms with Crippen LogP contribution < -0.4 is 5.32 Å². The fourth-order valence-corrected chi connectivity index (χ4v) is 1.51. The van der Waals surface area contributed by atoms with Gasteiger partial charge in [-0.05, 0) is 30.9 Å². The molecule has 2 nitrogen and oxygen atoms in total. The summed E-state index contributed by atoms with van der Waals surface area (Å²) < 4.78 is 0. The Bertz CT molecular complexity index is 273. The van der Waals surface area contributed by atoms with Gasteiger partial charge in [0.05, 0.1) is 6.10 Å². The summed E-state index contributed by atoms with van der Waals surface area (Å²) in [5, 5.41) is 12.6. The number of anilines is 1. The molecule has 1 aromatic rings. The van der Waals surface area contributed by atoms with Crippen LogP contribution in [0.2, 0.25) is 0 Å². The van der Waals surface area contributed by atoms with Crippen molar-refractivity contribution in [3.8, 4) is 0 Å². The summed E-state index contributed by atoms with van der Waals surface area (Å²) in [5.74, 6) is 0. The highest BCUT2D eigenvalue weighted by atomic mass is 16.3. The number of aryl methyl sites for hydroxylation is 1. The van der Waals surface area contributed by atoms with Gasteiger partial charge in [0.15, 0.2) is 0 Å². The Hall–Kier alpha value is -1.02. The van der Waals surface area contributed by atoms with Crippen molar-refractivity contribution in [2.24, 2.45) is 0 Å². The van der Waals surface area contributed by atoms with Gasteiger partial charge in [-0.15, -0.1) is 0 Å². The van der Waals surface area contributed by atoms with Crippen molar-refractivity contribution in [2.45, 2.75) is 32.3 Å². The zero-order valence-electron chi connectivity index (χ0n) is 8.96. The van der Waals surface area contributed by atoms with Crippen LogP contribution >= 0.6 is 0 Å². The maximum absolute atomic E-state index is 9.46. The second kappa shape index (κ2) is 5.66. The molecule has 14 heavy (non-hydrogen) atoms. The summed E-state index contributed by atoms with van der Waals surface area (Å²) in [6.45, 7) is 2.01. The van der Waals surface area contributed by atoms with Gasteiger partial charge in [-0.1, -0.05) is 25.1 Å². The molecule has 0 bridgehead atoms. The van der Waals surface area contributed by atoms with E-state index in [1.165, 1.54) is 5.56 Å². The molecule has 0 saturated heterocycles. The van der Waals surface area contributed by atoms with Crippen molar-refractivity contribution in [1.29, 1.82) is 0 Å². The Kier molecular flexibility index (Phi) is 4.47. The van der Waals surface area contributed by atoms with E-state index in [0.29, 0.717) is 0 Å². The van der Waals surface area contributed by atoms with E-state index in [9.17, 15) is 5.11 Å². The summed E-state index contributed by atoms with van der Waals surface area (Å²) in [5.41, 5.74) is 2.44. The number of hydrogen-bond acceptors (Lipinski definition) is 2. The van der Waals surface area contributed by atoms with E-state index in [1.807, 2.05) is 26.1 Å². The highest BCUT2D eigenvalue weighted by Crippen LogP contribution is 2.17. The minimum Gasteiger partial charge on any atom is -0.393 e. The maximum atomic E-state index is 9.46. The topological polar surface area (TPSA) is 32.3 Å². The molecule has 78 valence electrons. The zero-order valence-corrected chi connectivity index (χ0v) is 8.96. The highest BCUT2D eigenvalue weighted by molar-refractivity contribution is 5.50. The number of hydrogen-bond donors (Lipinski definition) is 2. The van der Waals surface area contributed by atoms with Crippen LogP contribution in [0.15, 0.2) is 24.3 Å². The van der Waals surface area contributed by atoms with Crippen LogP contribution in [0.5, 0.6) is 0 Å². The number of para-hydroxylation sites is 1. The van der Waals surface area contributed by atoms with E-state index >= 15 is 0 Å². The van der Waals surface area contributed by atoms with Gasteiger partial charge in [-0.3, -0.25) is 0 Å². The number of rotatable bonds is 5. The molecule has 0 amide bonds. The first-order chi connectivity index (χ1) is 6.77. The standard InChI is InChI=1S/C12H19NO/c1-3-11(14)9-8-10-6-4-5-7-12(10)13-2/h4-7,11,13-14H,3,8-9H2,1-2H3. The quantitative estimate of drug-likeness (QED) is 0.752. The normalized spacial score (nSPS) is 12.5. The van der Waals surface area contributed by atoms with Crippen molar-refractivity contribution >= 4 is 5.69 Å². The van der Waals surface area contributed by atoms with Crippen molar-refractivity contribution < 1.29 is 5.11 Å². The van der Waals surface area contributed by atoms with Gasteiger partial charge < -0.3 is 10.4 Å². The average molecular weight is 193 g/mol. The molecule has 0 radical (unpaired) electrons. The molecule has 1 unspecified atom stereocenters. The summed E-state index contributed by atoms with van der Waals surface area (Å²) in [6.07, 6.45) is 2.45. The van der Waals surface area contributed by atoms with Crippen LogP contribution in [-0.4, -0.2) is 18.3 Å². The predicted molar refractivity (Wildman–Crippen MR) is 60.6 cm³/mol. The molecule has 0 aliphatic heterocycles. The Morgan fingerprint density at radius 2 is 2.07 bits per heavy atom. The Labute approximate surface area is 86.0 Å². The molecule has 0 aromatic heterocycles. The van der Waals surface area contributed by atoms with Gasteiger partial charge in [0.2, 0.25) is 0 Å². The molecule has 1 rings (SSSR count). The minimum absolute atomic E-state index is 0.167. The summed E-state index contributed by atoms with van der Waals surface area (Å²) in [7, 11) is 1.93. The monoisotopic (exact) mass is 193 g/mol. The highest BCUT2D eigenvalue weighted by Gasteiger charge is 2.03. The fourth-order valence-electron chi connectivity index (χ4n) is 1.51. The van der Waals surface area contributed by atoms with Crippen molar-refractivity contribution in [3.05, 3.63) is 29.8 Å². The third kappa shape index (κ3) is 3.04. The second-order valence-corrected chi connectivity index (χ2v) is 3.51. The second-order valence-electron chi connectivity index (χ2n) is 3.51. The van der Waals surface area contributed by atoms with Crippen LogP contribution in [0, 0.1) is 0 Å². The van der Waals surface area contributed by atoms with Crippen LogP contribution in [0.1, 0.15) is 25.3 Å². The molecule has 0 aliphatic rings. The van der Waals surface area contributed by atoms with E-state index < -0.39 is 0 Å². The Balaban J connectivity index is 2.57. The Morgan fingerprint density at radius 3 is 2.71 bits per heavy atom. The average Bonchev–Trinajstić information content (AvgIpc) is 2.26. The van der Waals surface area contributed by atoms with Gasteiger partial charge >= 0.3 is 0 Å². The molecular formula is C12H19NO. The van der Waals surface area contributed by atoms with Gasteiger partial charge in [-0.2, -0.15) is 0 Å². The number of aliphatic hydroxyl groups excluding tert-OH is 1. The number of nitrogens with one attached hydrogen (secondary N) is 1. The van der Waals surface area contributed by atoms with Crippen LogP contribution in [0.4, 0.5) is 5.69 Å². The van der Waals surface area contributed by atoms with E-state index in [-0.39, 0.29) is 6.10 Å². The van der Waals surface area contributed by atoms with E-state index in [1.54, 1.807) is 0 Å². The Morgan fingerprint density at radius 1 is 1.36 bits per heavy atom. The molecule has 0 heterocycles. The molecule has 0 fully saturated rings. The van der Waals surface area contributed by atoms with E-state index in [0.717, 1.165) is 24.9 Å². The molecule has 0 spiro atoms. The van der Waals surface area contributed by atoms with Crippen molar-refractivity contribution in [1.82, 2.24) is 0 Å². The van der Waals surface area contributed by atoms with Gasteiger partial charge in [-0.25, -0.2) is 0 Å². The lowest BCUT2D eigenvalue weighted by molar-refractivity contribution is 0.161. The van der Waals surface area contributed by atoms with Crippen LogP contribution in [0.3, 0.4) is 0 Å². The smallest absolute Gasteiger partial charge is 0.0540 e. The molecule has 0 saturated carbocycles. The largest absolute Gasteiger partial charge is 0.393 e. The SMILES string of the molecule is CCC(O)CCc1ccccc1NC. The van der Waals surface area contributed by atoms with Gasteiger partial charge in [0, 0.05) is 12.7 Å². The zero-order chi connectivity index (χ0) is 10.4. The number of aliphatic hydroxyl groups is 1. The van der Waals surface area contributed by atoms with E-state index in [2.05, 4.69) is 17.4 Å². The first-order valence-corrected chi connectivity index (χ1v) is 5.21. The summed E-state index contributed by atoms with van der Waals surface area (Å²) in [4.78, 5) is 0. The lowest BCUT2D eigenvalue weighted by Crippen LogP contribution is -2.06. The predicted octanol–water partition coefficient (Wildman–Crippen LogP) is 2.43. The first kappa shape index (κ1) is 11.1. The molecule has 2 heteroatoms. The maximum Gasteiger partial charge on any atom is 0.0540 e. The minimum atomic E-state index is -0.167. The van der Waals surface area contributed by atoms with Crippen LogP contribution in [0.25, 0.3) is 0 Å². The lowest BCUT2D eigenvalue weighted by atomic mass is 10.0. The van der Waals surface area contributed by atoms with Crippen molar-refractivity contribution in [3.63, 3.8) is 0 Å². The third-order valence-electron chi connectivity index (χ3n) is 2.50. The third-order valence-corrected chi connectivity index (χ3v) is 2.50. The fraction of sp³-hybridized carbons (Fsp3) is 0.500. The summed E-state index contributed by atoms with van der Waals surface area (Å²) in [6, 6.07) is 8.22. The van der Waals surface area contributed by atoms with Gasteiger partial charge in [0.25, 0.3) is 0 Å². The first-order valence-electron chi connectivity index (χ1n) is 5.21. The molecule has 0 aliphatic carbocycles. The number of benzene rings is 1. The lowest BCUT2D eigenvalue weighted by Gasteiger charge is -2.11. The molecule has 1 atom stereocenters. The van der Waals surface area contributed by atoms with Gasteiger partial charge in [0.1, 0.15) is 0 Å². The van der Waals surface area contributed by atoms with Crippen molar-refractivity contribution in [2.75, 3.05) is 12.4 Å². The molecule has 2 N–H and O–H groups in total. The van der Waals surface area contributed by atoms with Crippen LogP contribution in [-0.2, 0) is 6.42 Å². The molecule has 1 aromatic carbocycles.